The minimum absolute atomic E-state index is 0.266. The quantitative estimate of drug-likeness (QED) is 0.745. The number of rotatable bonds is 3. The topological polar surface area (TPSA) is 20.2 Å². The highest BCUT2D eigenvalue weighted by Gasteiger charge is 2.10. The standard InChI is InChI=1S/C11H14OS/c12-6-7-13-11-5-4-9-2-1-3-10(9)8-11/h4-5,8,12H,1-3,6-7H2. The van der Waals surface area contributed by atoms with Crippen LogP contribution in [-0.4, -0.2) is 17.5 Å². The second-order valence-electron chi connectivity index (χ2n) is 3.36. The second kappa shape index (κ2) is 4.16. The van der Waals surface area contributed by atoms with Crippen LogP contribution in [0.3, 0.4) is 0 Å². The van der Waals surface area contributed by atoms with E-state index < -0.39 is 0 Å². The summed E-state index contributed by atoms with van der Waals surface area (Å²) in [5.41, 5.74) is 3.04. The average Bonchev–Trinajstić information content (AvgIpc) is 2.61. The van der Waals surface area contributed by atoms with Crippen LogP contribution in [0.2, 0.25) is 0 Å². The Morgan fingerprint density at radius 2 is 2.08 bits per heavy atom. The molecule has 2 heteroatoms. The highest BCUT2D eigenvalue weighted by molar-refractivity contribution is 7.99. The highest BCUT2D eigenvalue weighted by Crippen LogP contribution is 2.27. The third kappa shape index (κ3) is 2.06. The molecule has 0 aliphatic heterocycles. The Labute approximate surface area is 83.2 Å². The predicted molar refractivity (Wildman–Crippen MR) is 56.3 cm³/mol. The average molecular weight is 194 g/mol. The zero-order chi connectivity index (χ0) is 9.10. The van der Waals surface area contributed by atoms with Crippen LogP contribution in [0.5, 0.6) is 0 Å². The SMILES string of the molecule is OCCSc1ccc2c(c1)CCC2. The van der Waals surface area contributed by atoms with Crippen molar-refractivity contribution in [2.75, 3.05) is 12.4 Å². The fourth-order valence-electron chi connectivity index (χ4n) is 1.80. The van der Waals surface area contributed by atoms with Gasteiger partial charge in [0.05, 0.1) is 6.61 Å². The van der Waals surface area contributed by atoms with Crippen molar-refractivity contribution in [1.82, 2.24) is 0 Å². The maximum atomic E-state index is 8.70. The van der Waals surface area contributed by atoms with Gasteiger partial charge in [-0.1, -0.05) is 6.07 Å². The molecule has 0 saturated heterocycles. The van der Waals surface area contributed by atoms with E-state index >= 15 is 0 Å². The van der Waals surface area contributed by atoms with E-state index in [1.807, 2.05) is 0 Å². The van der Waals surface area contributed by atoms with Gasteiger partial charge in [0.25, 0.3) is 0 Å². The molecule has 0 bridgehead atoms. The van der Waals surface area contributed by atoms with Gasteiger partial charge in [0.15, 0.2) is 0 Å². The van der Waals surface area contributed by atoms with Crippen LogP contribution in [0.15, 0.2) is 23.1 Å². The van der Waals surface area contributed by atoms with E-state index in [0.717, 1.165) is 5.75 Å². The highest BCUT2D eigenvalue weighted by atomic mass is 32.2. The smallest absolute Gasteiger partial charge is 0.0525 e. The molecule has 1 aliphatic carbocycles. The molecular formula is C11H14OS. The van der Waals surface area contributed by atoms with Crippen LogP contribution in [-0.2, 0) is 12.8 Å². The molecule has 0 heterocycles. The molecule has 1 nitrogen and oxygen atoms in total. The lowest BCUT2D eigenvalue weighted by Gasteiger charge is -2.03. The van der Waals surface area contributed by atoms with Crippen molar-refractivity contribution in [2.24, 2.45) is 0 Å². The van der Waals surface area contributed by atoms with Crippen LogP contribution in [0, 0.1) is 0 Å². The summed E-state index contributed by atoms with van der Waals surface area (Å²) in [4.78, 5) is 1.30. The van der Waals surface area contributed by atoms with E-state index in [0.29, 0.717) is 0 Å². The minimum Gasteiger partial charge on any atom is -0.396 e. The van der Waals surface area contributed by atoms with Crippen molar-refractivity contribution in [1.29, 1.82) is 0 Å². The molecule has 0 radical (unpaired) electrons. The third-order valence-electron chi connectivity index (χ3n) is 2.43. The zero-order valence-electron chi connectivity index (χ0n) is 7.62. The number of aliphatic hydroxyl groups excluding tert-OH is 1. The lowest BCUT2D eigenvalue weighted by Crippen LogP contribution is -1.87. The Balaban J connectivity index is 2.12. The molecule has 0 atom stereocenters. The first kappa shape index (κ1) is 9.10. The number of aryl methyl sites for hydroxylation is 2. The molecule has 0 aromatic heterocycles. The van der Waals surface area contributed by atoms with Crippen LogP contribution >= 0.6 is 11.8 Å². The van der Waals surface area contributed by atoms with E-state index in [2.05, 4.69) is 18.2 Å². The lowest BCUT2D eigenvalue weighted by molar-refractivity contribution is 0.322. The summed E-state index contributed by atoms with van der Waals surface area (Å²) in [6, 6.07) is 6.69. The van der Waals surface area contributed by atoms with Crippen molar-refractivity contribution in [3.05, 3.63) is 29.3 Å². The second-order valence-corrected chi connectivity index (χ2v) is 4.52. The van der Waals surface area contributed by atoms with Crippen molar-refractivity contribution in [3.8, 4) is 0 Å². The number of thioether (sulfide) groups is 1. The molecule has 2 rings (SSSR count). The van der Waals surface area contributed by atoms with Gasteiger partial charge >= 0.3 is 0 Å². The summed E-state index contributed by atoms with van der Waals surface area (Å²) in [5, 5.41) is 8.70. The first-order chi connectivity index (χ1) is 6.40. The monoisotopic (exact) mass is 194 g/mol. The summed E-state index contributed by atoms with van der Waals surface area (Å²) in [6.07, 6.45) is 3.80. The maximum absolute atomic E-state index is 8.70. The first-order valence-corrected chi connectivity index (χ1v) is 5.74. The Morgan fingerprint density at radius 3 is 2.92 bits per heavy atom. The number of benzene rings is 1. The molecule has 0 spiro atoms. The van der Waals surface area contributed by atoms with Gasteiger partial charge in [0.1, 0.15) is 0 Å². The number of hydrogen-bond donors (Lipinski definition) is 1. The molecule has 0 saturated carbocycles. The van der Waals surface area contributed by atoms with Crippen molar-refractivity contribution in [3.63, 3.8) is 0 Å². The molecule has 0 fully saturated rings. The van der Waals surface area contributed by atoms with Gasteiger partial charge in [-0.3, -0.25) is 0 Å². The molecule has 1 N–H and O–H groups in total. The van der Waals surface area contributed by atoms with E-state index in [1.54, 1.807) is 11.8 Å². The molecular weight excluding hydrogens is 180 g/mol. The molecule has 0 amide bonds. The molecule has 1 aromatic rings. The summed E-state index contributed by atoms with van der Waals surface area (Å²) in [7, 11) is 0. The molecule has 70 valence electrons. The van der Waals surface area contributed by atoms with Crippen LogP contribution in [0.1, 0.15) is 17.5 Å². The fraction of sp³-hybridized carbons (Fsp3) is 0.455. The van der Waals surface area contributed by atoms with Gasteiger partial charge < -0.3 is 5.11 Å². The molecule has 1 aliphatic rings. The van der Waals surface area contributed by atoms with Gasteiger partial charge in [-0.25, -0.2) is 0 Å². The molecule has 0 unspecified atom stereocenters. The van der Waals surface area contributed by atoms with E-state index in [4.69, 9.17) is 5.11 Å². The predicted octanol–water partition coefficient (Wildman–Crippen LogP) is 2.26. The summed E-state index contributed by atoms with van der Waals surface area (Å²) < 4.78 is 0. The first-order valence-electron chi connectivity index (χ1n) is 4.75. The van der Waals surface area contributed by atoms with E-state index in [9.17, 15) is 0 Å². The van der Waals surface area contributed by atoms with Gasteiger partial charge in [-0.15, -0.1) is 11.8 Å². The zero-order valence-corrected chi connectivity index (χ0v) is 8.44. The van der Waals surface area contributed by atoms with Crippen LogP contribution in [0.25, 0.3) is 0 Å². The van der Waals surface area contributed by atoms with Crippen molar-refractivity contribution >= 4 is 11.8 Å². The minimum atomic E-state index is 0.266. The summed E-state index contributed by atoms with van der Waals surface area (Å²) in [5.74, 6) is 0.804. The Morgan fingerprint density at radius 1 is 1.23 bits per heavy atom. The van der Waals surface area contributed by atoms with Crippen LogP contribution < -0.4 is 0 Å². The Hall–Kier alpha value is -0.470. The molecule has 13 heavy (non-hydrogen) atoms. The van der Waals surface area contributed by atoms with Gasteiger partial charge in [0, 0.05) is 10.6 Å². The third-order valence-corrected chi connectivity index (χ3v) is 3.40. The number of hydrogen-bond acceptors (Lipinski definition) is 2. The number of aliphatic hydroxyl groups is 1. The Kier molecular flexibility index (Phi) is 2.91. The van der Waals surface area contributed by atoms with Gasteiger partial charge in [-0.2, -0.15) is 0 Å². The summed E-state index contributed by atoms with van der Waals surface area (Å²) >= 11 is 1.74. The fourth-order valence-corrected chi connectivity index (χ4v) is 2.52. The van der Waals surface area contributed by atoms with Gasteiger partial charge in [-0.05, 0) is 42.5 Å². The van der Waals surface area contributed by atoms with Crippen LogP contribution in [0.4, 0.5) is 0 Å². The Bertz CT molecular complexity index is 296. The maximum Gasteiger partial charge on any atom is 0.0525 e. The summed E-state index contributed by atoms with van der Waals surface area (Å²) in [6.45, 7) is 0.266. The molecule has 1 aromatic carbocycles. The van der Waals surface area contributed by atoms with Gasteiger partial charge in [0.2, 0.25) is 0 Å². The lowest BCUT2D eigenvalue weighted by atomic mass is 10.1. The van der Waals surface area contributed by atoms with Crippen molar-refractivity contribution in [2.45, 2.75) is 24.2 Å². The normalized spacial score (nSPS) is 14.5. The van der Waals surface area contributed by atoms with E-state index in [-0.39, 0.29) is 6.61 Å². The van der Waals surface area contributed by atoms with Crippen molar-refractivity contribution < 1.29 is 5.11 Å². The largest absolute Gasteiger partial charge is 0.396 e. The number of fused-ring (bicyclic) bond motifs is 1. The van der Waals surface area contributed by atoms with E-state index in [1.165, 1.54) is 35.3 Å².